The van der Waals surface area contributed by atoms with Crippen LogP contribution in [0.3, 0.4) is 0 Å². The van der Waals surface area contributed by atoms with Gasteiger partial charge in [-0.15, -0.1) is 23.1 Å². The number of rotatable bonds is 7. The van der Waals surface area contributed by atoms with E-state index < -0.39 is 0 Å². The van der Waals surface area contributed by atoms with E-state index in [9.17, 15) is 4.79 Å². The molecule has 2 aromatic heterocycles. The molecule has 6 heteroatoms. The second-order valence-electron chi connectivity index (χ2n) is 6.53. The summed E-state index contributed by atoms with van der Waals surface area (Å²) in [7, 11) is 0. The average Bonchev–Trinajstić information content (AvgIpc) is 3.40. The van der Waals surface area contributed by atoms with Gasteiger partial charge in [-0.2, -0.15) is 0 Å². The van der Waals surface area contributed by atoms with Gasteiger partial charge in [0.1, 0.15) is 5.01 Å². The lowest BCUT2D eigenvalue weighted by Crippen LogP contribution is -2.37. The Hall–Kier alpha value is -1.92. The molecule has 3 aromatic rings. The molecule has 1 saturated carbocycles. The van der Waals surface area contributed by atoms with E-state index in [-0.39, 0.29) is 11.9 Å². The van der Waals surface area contributed by atoms with Gasteiger partial charge in [0.2, 0.25) is 5.91 Å². The number of thiazole rings is 1. The van der Waals surface area contributed by atoms with Gasteiger partial charge in [-0.25, -0.2) is 4.98 Å². The summed E-state index contributed by atoms with van der Waals surface area (Å²) in [4.78, 5) is 24.0. The number of pyridine rings is 1. The van der Waals surface area contributed by atoms with E-state index in [0.717, 1.165) is 34.8 Å². The Kier molecular flexibility index (Phi) is 5.22. The normalized spacial score (nSPS) is 15.1. The molecule has 0 radical (unpaired) electrons. The van der Waals surface area contributed by atoms with Gasteiger partial charge in [-0.3, -0.25) is 9.78 Å². The summed E-state index contributed by atoms with van der Waals surface area (Å²) in [5, 5.41) is 1.08. The van der Waals surface area contributed by atoms with Crippen molar-refractivity contribution < 1.29 is 4.79 Å². The molecule has 1 atom stereocenters. The topological polar surface area (TPSA) is 46.1 Å². The standard InChI is InChI=1S/C20H21N3OS2/c1-14(16-6-4-5-11-21-16)23(15-9-10-15)20(24)13-25-12-19-22-17-7-2-3-8-18(17)26-19/h2-8,11,14-15H,9-10,12-13H2,1H3. The molecule has 4 nitrogen and oxygen atoms in total. The molecule has 1 amide bonds. The van der Waals surface area contributed by atoms with Crippen molar-refractivity contribution in [2.45, 2.75) is 37.6 Å². The molecular weight excluding hydrogens is 362 g/mol. The van der Waals surface area contributed by atoms with Crippen LogP contribution < -0.4 is 0 Å². The molecule has 134 valence electrons. The predicted molar refractivity (Wildman–Crippen MR) is 108 cm³/mol. The number of hydrogen-bond donors (Lipinski definition) is 0. The van der Waals surface area contributed by atoms with E-state index in [1.54, 1.807) is 29.3 Å². The van der Waals surface area contributed by atoms with E-state index in [1.165, 1.54) is 4.70 Å². The molecule has 1 fully saturated rings. The van der Waals surface area contributed by atoms with Crippen molar-refractivity contribution in [3.63, 3.8) is 0 Å². The highest BCUT2D eigenvalue weighted by atomic mass is 32.2. The van der Waals surface area contributed by atoms with Crippen LogP contribution in [0.25, 0.3) is 10.2 Å². The van der Waals surface area contributed by atoms with Crippen LogP contribution in [0.4, 0.5) is 0 Å². The lowest BCUT2D eigenvalue weighted by molar-refractivity contribution is -0.131. The summed E-state index contributed by atoms with van der Waals surface area (Å²) in [5.41, 5.74) is 2.01. The van der Waals surface area contributed by atoms with Gasteiger partial charge in [0.25, 0.3) is 0 Å². The van der Waals surface area contributed by atoms with Crippen molar-refractivity contribution in [2.24, 2.45) is 0 Å². The minimum atomic E-state index is 0.0271. The van der Waals surface area contributed by atoms with Crippen molar-refractivity contribution >= 4 is 39.2 Å². The fraction of sp³-hybridized carbons (Fsp3) is 0.350. The molecule has 1 aliphatic rings. The summed E-state index contributed by atoms with van der Waals surface area (Å²) >= 11 is 3.36. The van der Waals surface area contributed by atoms with Crippen LogP contribution in [0.1, 0.15) is 36.5 Å². The highest BCUT2D eigenvalue weighted by Gasteiger charge is 2.36. The average molecular weight is 384 g/mol. The number of benzene rings is 1. The number of carbonyl (C=O) groups is 1. The first-order valence-corrected chi connectivity index (χ1v) is 10.8. The minimum Gasteiger partial charge on any atom is -0.331 e. The lowest BCUT2D eigenvalue weighted by Gasteiger charge is -2.29. The van der Waals surface area contributed by atoms with Crippen LogP contribution in [0, 0.1) is 0 Å². The third-order valence-corrected chi connectivity index (χ3v) is 6.70. The molecule has 0 aliphatic heterocycles. The fourth-order valence-electron chi connectivity index (χ4n) is 3.14. The highest BCUT2D eigenvalue weighted by molar-refractivity contribution is 7.99. The fourth-order valence-corrected chi connectivity index (χ4v) is 5.05. The molecule has 0 saturated heterocycles. The molecule has 26 heavy (non-hydrogen) atoms. The minimum absolute atomic E-state index is 0.0271. The number of amides is 1. The summed E-state index contributed by atoms with van der Waals surface area (Å²) in [6.07, 6.45) is 4.00. The molecule has 0 N–H and O–H groups in total. The van der Waals surface area contributed by atoms with E-state index in [4.69, 9.17) is 0 Å². The van der Waals surface area contributed by atoms with Gasteiger partial charge in [0.05, 0.1) is 27.7 Å². The third-order valence-electron chi connectivity index (χ3n) is 4.55. The number of thioether (sulfide) groups is 1. The maximum atomic E-state index is 12.9. The number of nitrogens with zero attached hydrogens (tertiary/aromatic N) is 3. The molecule has 0 bridgehead atoms. The maximum Gasteiger partial charge on any atom is 0.233 e. The van der Waals surface area contributed by atoms with Gasteiger partial charge >= 0.3 is 0 Å². The first-order chi connectivity index (χ1) is 12.7. The summed E-state index contributed by atoms with van der Waals surface area (Å²) in [6, 6.07) is 14.5. The molecule has 1 aliphatic carbocycles. The van der Waals surface area contributed by atoms with Crippen molar-refractivity contribution in [3.8, 4) is 0 Å². The Labute approximate surface area is 161 Å². The number of para-hydroxylation sites is 1. The summed E-state index contributed by atoms with van der Waals surface area (Å²) in [5.74, 6) is 1.47. The molecule has 4 rings (SSSR count). The van der Waals surface area contributed by atoms with Crippen molar-refractivity contribution in [2.75, 3.05) is 5.75 Å². The van der Waals surface area contributed by atoms with E-state index >= 15 is 0 Å². The van der Waals surface area contributed by atoms with Gasteiger partial charge in [-0.05, 0) is 44.0 Å². The van der Waals surface area contributed by atoms with Gasteiger partial charge < -0.3 is 4.90 Å². The molecule has 1 aromatic carbocycles. The van der Waals surface area contributed by atoms with Crippen LogP contribution in [-0.4, -0.2) is 32.6 Å². The first-order valence-electron chi connectivity index (χ1n) is 8.86. The van der Waals surface area contributed by atoms with Crippen LogP contribution in [-0.2, 0) is 10.5 Å². The smallest absolute Gasteiger partial charge is 0.233 e. The zero-order valence-corrected chi connectivity index (χ0v) is 16.3. The quantitative estimate of drug-likeness (QED) is 0.594. The Bertz CT molecular complexity index is 859. The summed E-state index contributed by atoms with van der Waals surface area (Å²) in [6.45, 7) is 2.08. The second kappa shape index (κ2) is 7.76. The summed E-state index contributed by atoms with van der Waals surface area (Å²) < 4.78 is 1.21. The Morgan fingerprint density at radius 2 is 2.08 bits per heavy atom. The molecule has 2 heterocycles. The number of aromatic nitrogens is 2. The number of fused-ring (bicyclic) bond motifs is 1. The van der Waals surface area contributed by atoms with E-state index in [2.05, 4.69) is 23.0 Å². The third kappa shape index (κ3) is 3.91. The SMILES string of the molecule is CC(c1ccccn1)N(C(=O)CSCc1nc2ccccc2s1)C1CC1. The zero-order chi connectivity index (χ0) is 17.9. The van der Waals surface area contributed by atoms with Crippen LogP contribution in [0.15, 0.2) is 48.7 Å². The van der Waals surface area contributed by atoms with Crippen LogP contribution >= 0.6 is 23.1 Å². The van der Waals surface area contributed by atoms with Crippen molar-refractivity contribution in [1.82, 2.24) is 14.9 Å². The van der Waals surface area contributed by atoms with Crippen LogP contribution in [0.5, 0.6) is 0 Å². The molecular formula is C20H21N3OS2. The van der Waals surface area contributed by atoms with Crippen molar-refractivity contribution in [1.29, 1.82) is 0 Å². The van der Waals surface area contributed by atoms with Crippen LogP contribution in [0.2, 0.25) is 0 Å². The monoisotopic (exact) mass is 383 g/mol. The highest BCUT2D eigenvalue weighted by Crippen LogP contribution is 2.34. The van der Waals surface area contributed by atoms with E-state index in [0.29, 0.717) is 11.8 Å². The van der Waals surface area contributed by atoms with E-state index in [1.807, 2.05) is 41.3 Å². The van der Waals surface area contributed by atoms with Crippen molar-refractivity contribution in [3.05, 3.63) is 59.4 Å². The Morgan fingerprint density at radius 3 is 2.81 bits per heavy atom. The van der Waals surface area contributed by atoms with Gasteiger partial charge in [0, 0.05) is 18.0 Å². The van der Waals surface area contributed by atoms with Gasteiger partial charge in [0.15, 0.2) is 0 Å². The molecule has 1 unspecified atom stereocenters. The number of hydrogen-bond acceptors (Lipinski definition) is 5. The predicted octanol–water partition coefficient (Wildman–Crippen LogP) is 4.68. The Balaban J connectivity index is 1.37. The number of carbonyl (C=O) groups excluding carboxylic acids is 1. The lowest BCUT2D eigenvalue weighted by atomic mass is 10.1. The molecule has 0 spiro atoms. The zero-order valence-electron chi connectivity index (χ0n) is 14.7. The first kappa shape index (κ1) is 17.5. The van der Waals surface area contributed by atoms with Gasteiger partial charge in [-0.1, -0.05) is 18.2 Å². The maximum absolute atomic E-state index is 12.9. The Morgan fingerprint density at radius 1 is 1.27 bits per heavy atom. The second-order valence-corrected chi connectivity index (χ2v) is 8.63. The largest absolute Gasteiger partial charge is 0.331 e.